The summed E-state index contributed by atoms with van der Waals surface area (Å²) in [6.07, 6.45) is 7.27. The molecule has 6 heteroatoms. The second-order valence-corrected chi connectivity index (χ2v) is 5.95. The molecule has 0 saturated heterocycles. The second-order valence-electron chi connectivity index (χ2n) is 5.95. The van der Waals surface area contributed by atoms with Crippen LogP contribution in [-0.2, 0) is 13.0 Å². The molecule has 0 fully saturated rings. The van der Waals surface area contributed by atoms with Gasteiger partial charge in [0.15, 0.2) is 0 Å². The molecule has 22 heavy (non-hydrogen) atoms. The fourth-order valence-electron chi connectivity index (χ4n) is 3.08. The molecule has 0 spiro atoms. The van der Waals surface area contributed by atoms with Gasteiger partial charge in [-0.15, -0.1) is 0 Å². The van der Waals surface area contributed by atoms with Crippen LogP contribution < -0.4 is 5.56 Å². The molecule has 1 aliphatic rings. The Hall–Kier alpha value is -2.37. The van der Waals surface area contributed by atoms with Gasteiger partial charge in [0, 0.05) is 45.1 Å². The molecule has 1 amide bonds. The molecule has 0 aliphatic carbocycles. The smallest absolute Gasteiger partial charge is 0.261 e. The van der Waals surface area contributed by atoms with Crippen LogP contribution in [0.4, 0.5) is 0 Å². The van der Waals surface area contributed by atoms with Crippen LogP contribution in [0.5, 0.6) is 0 Å². The highest BCUT2D eigenvalue weighted by atomic mass is 16.2. The zero-order valence-corrected chi connectivity index (χ0v) is 12.9. The van der Waals surface area contributed by atoms with Gasteiger partial charge in [0.2, 0.25) is 0 Å². The van der Waals surface area contributed by atoms with Gasteiger partial charge in [-0.1, -0.05) is 0 Å². The summed E-state index contributed by atoms with van der Waals surface area (Å²) in [6.45, 7) is 3.36. The average Bonchev–Trinajstić information content (AvgIpc) is 2.94. The summed E-state index contributed by atoms with van der Waals surface area (Å²) in [6, 6.07) is 1.75. The van der Waals surface area contributed by atoms with Crippen LogP contribution in [0.1, 0.15) is 28.2 Å². The number of nitrogens with one attached hydrogen (secondary N) is 1. The number of hydrogen-bond acceptors (Lipinski definition) is 3. The third kappa shape index (κ3) is 2.68. The van der Waals surface area contributed by atoms with E-state index in [-0.39, 0.29) is 17.0 Å². The average molecular weight is 300 g/mol. The molecule has 0 aromatic carbocycles. The van der Waals surface area contributed by atoms with Crippen LogP contribution >= 0.6 is 0 Å². The molecule has 2 aromatic heterocycles. The van der Waals surface area contributed by atoms with Crippen molar-refractivity contribution >= 4 is 5.91 Å². The fourth-order valence-corrected chi connectivity index (χ4v) is 3.08. The first kappa shape index (κ1) is 14.6. The minimum Gasteiger partial charge on any atom is -0.341 e. The van der Waals surface area contributed by atoms with E-state index >= 15 is 0 Å². The Morgan fingerprint density at radius 3 is 3.14 bits per heavy atom. The number of fused-ring (bicyclic) bond motifs is 1. The minimum atomic E-state index is -0.323. The standard InChI is InChI=1S/C16H20N4O2/c1-11-3-5-18-15(21)14(11)16(22)19(2)10-12-4-7-20-8-6-17-13(20)9-12/h3,5-6,8,12H,4,7,9-10H2,1-2H3,(H,18,21)/t12-/m1/s1. The van der Waals surface area contributed by atoms with Crippen molar-refractivity contribution < 1.29 is 4.79 Å². The Morgan fingerprint density at radius 1 is 1.55 bits per heavy atom. The van der Waals surface area contributed by atoms with Crippen molar-refractivity contribution in [1.82, 2.24) is 19.4 Å². The van der Waals surface area contributed by atoms with E-state index < -0.39 is 0 Å². The van der Waals surface area contributed by atoms with Crippen LogP contribution in [0.2, 0.25) is 0 Å². The quantitative estimate of drug-likeness (QED) is 0.926. The predicted molar refractivity (Wildman–Crippen MR) is 82.8 cm³/mol. The van der Waals surface area contributed by atoms with E-state index in [2.05, 4.69) is 14.5 Å². The van der Waals surface area contributed by atoms with E-state index in [0.717, 1.165) is 25.2 Å². The summed E-state index contributed by atoms with van der Waals surface area (Å²) in [5.41, 5.74) is 0.623. The Morgan fingerprint density at radius 2 is 2.36 bits per heavy atom. The maximum Gasteiger partial charge on any atom is 0.261 e. The molecule has 2 aromatic rings. The van der Waals surface area contributed by atoms with Gasteiger partial charge in [-0.2, -0.15) is 0 Å². The number of aryl methyl sites for hydroxylation is 2. The molecule has 0 saturated carbocycles. The molecule has 3 heterocycles. The van der Waals surface area contributed by atoms with Crippen LogP contribution in [-0.4, -0.2) is 38.9 Å². The summed E-state index contributed by atoms with van der Waals surface area (Å²) in [4.78, 5) is 33.0. The molecular formula is C16H20N4O2. The number of carbonyl (C=O) groups excluding carboxylic acids is 1. The lowest BCUT2D eigenvalue weighted by Crippen LogP contribution is -2.37. The van der Waals surface area contributed by atoms with E-state index in [9.17, 15) is 9.59 Å². The summed E-state index contributed by atoms with van der Waals surface area (Å²) in [5, 5.41) is 0. The molecule has 0 radical (unpaired) electrons. The maximum atomic E-state index is 12.5. The first-order valence-corrected chi connectivity index (χ1v) is 7.50. The predicted octanol–water partition coefficient (Wildman–Crippen LogP) is 1.21. The van der Waals surface area contributed by atoms with Crippen molar-refractivity contribution in [3.05, 3.63) is 52.0 Å². The number of pyridine rings is 1. The van der Waals surface area contributed by atoms with Crippen LogP contribution in [0.15, 0.2) is 29.5 Å². The number of aromatic amines is 1. The SMILES string of the molecule is Cc1cc[nH]c(=O)c1C(=O)N(C)C[C@@H]1CCn2ccnc2C1. The fraction of sp³-hybridized carbons (Fsp3) is 0.438. The number of nitrogens with zero attached hydrogens (tertiary/aromatic N) is 3. The van der Waals surface area contributed by atoms with Crippen molar-refractivity contribution in [2.75, 3.05) is 13.6 Å². The lowest BCUT2D eigenvalue weighted by Gasteiger charge is -2.28. The summed E-state index contributed by atoms with van der Waals surface area (Å²) in [5.74, 6) is 1.24. The van der Waals surface area contributed by atoms with Crippen molar-refractivity contribution in [1.29, 1.82) is 0 Å². The number of carbonyl (C=O) groups is 1. The number of H-pyrrole nitrogens is 1. The largest absolute Gasteiger partial charge is 0.341 e. The summed E-state index contributed by atoms with van der Waals surface area (Å²) >= 11 is 0. The Bertz CT molecular complexity index is 747. The van der Waals surface area contributed by atoms with Gasteiger partial charge >= 0.3 is 0 Å². The van der Waals surface area contributed by atoms with Gasteiger partial charge in [-0.3, -0.25) is 9.59 Å². The van der Waals surface area contributed by atoms with E-state index in [1.165, 1.54) is 0 Å². The normalized spacial score (nSPS) is 17.1. The molecular weight excluding hydrogens is 280 g/mol. The lowest BCUT2D eigenvalue weighted by molar-refractivity contribution is 0.0761. The summed E-state index contributed by atoms with van der Waals surface area (Å²) in [7, 11) is 1.76. The highest BCUT2D eigenvalue weighted by molar-refractivity contribution is 5.95. The summed E-state index contributed by atoms with van der Waals surface area (Å²) < 4.78 is 2.16. The van der Waals surface area contributed by atoms with Gasteiger partial charge < -0.3 is 14.5 Å². The zero-order valence-electron chi connectivity index (χ0n) is 12.9. The molecule has 116 valence electrons. The number of rotatable bonds is 3. The third-order valence-electron chi connectivity index (χ3n) is 4.31. The molecule has 6 nitrogen and oxygen atoms in total. The molecule has 3 rings (SSSR count). The lowest BCUT2D eigenvalue weighted by atomic mass is 9.97. The second kappa shape index (κ2) is 5.79. The molecule has 0 unspecified atom stereocenters. The van der Waals surface area contributed by atoms with Gasteiger partial charge in [-0.25, -0.2) is 4.98 Å². The monoisotopic (exact) mass is 300 g/mol. The van der Waals surface area contributed by atoms with E-state index in [1.807, 2.05) is 12.4 Å². The Labute approximate surface area is 128 Å². The minimum absolute atomic E-state index is 0.215. The maximum absolute atomic E-state index is 12.5. The van der Waals surface area contributed by atoms with E-state index in [0.29, 0.717) is 18.0 Å². The van der Waals surface area contributed by atoms with Gasteiger partial charge in [-0.05, 0) is 30.9 Å². The number of amides is 1. The number of imidazole rings is 1. The van der Waals surface area contributed by atoms with Crippen LogP contribution in [0.3, 0.4) is 0 Å². The zero-order chi connectivity index (χ0) is 15.7. The van der Waals surface area contributed by atoms with Gasteiger partial charge in [0.25, 0.3) is 11.5 Å². The topological polar surface area (TPSA) is 71.0 Å². The van der Waals surface area contributed by atoms with Crippen molar-refractivity contribution in [2.24, 2.45) is 5.92 Å². The third-order valence-corrected chi connectivity index (χ3v) is 4.31. The molecule has 1 N–H and O–H groups in total. The first-order valence-electron chi connectivity index (χ1n) is 7.50. The number of hydrogen-bond donors (Lipinski definition) is 1. The van der Waals surface area contributed by atoms with E-state index in [4.69, 9.17) is 0 Å². The van der Waals surface area contributed by atoms with Gasteiger partial charge in [0.05, 0.1) is 0 Å². The molecule has 1 aliphatic heterocycles. The molecule has 0 bridgehead atoms. The van der Waals surface area contributed by atoms with Crippen LogP contribution in [0.25, 0.3) is 0 Å². The van der Waals surface area contributed by atoms with Crippen molar-refractivity contribution in [2.45, 2.75) is 26.3 Å². The first-order chi connectivity index (χ1) is 10.6. The van der Waals surface area contributed by atoms with Crippen LogP contribution in [0, 0.1) is 12.8 Å². The van der Waals surface area contributed by atoms with Crippen molar-refractivity contribution in [3.63, 3.8) is 0 Å². The number of aromatic nitrogens is 3. The highest BCUT2D eigenvalue weighted by Crippen LogP contribution is 2.20. The Balaban J connectivity index is 1.71. The molecule has 1 atom stereocenters. The Kier molecular flexibility index (Phi) is 3.83. The highest BCUT2D eigenvalue weighted by Gasteiger charge is 2.24. The van der Waals surface area contributed by atoms with E-state index in [1.54, 1.807) is 31.1 Å². The van der Waals surface area contributed by atoms with Crippen molar-refractivity contribution in [3.8, 4) is 0 Å². The van der Waals surface area contributed by atoms with Gasteiger partial charge in [0.1, 0.15) is 11.4 Å².